The number of fused-ring (bicyclic) bond motifs is 1. The Balaban J connectivity index is 2.61. The molecule has 1 atom stereocenters. The number of nitrogens with two attached hydrogens (primary N) is 1. The van der Waals surface area contributed by atoms with Gasteiger partial charge in [-0.2, -0.15) is 0 Å². The average molecular weight is 226 g/mol. The van der Waals surface area contributed by atoms with Crippen molar-refractivity contribution in [2.24, 2.45) is 5.73 Å². The summed E-state index contributed by atoms with van der Waals surface area (Å²) in [7, 11) is 0. The van der Waals surface area contributed by atoms with Crippen LogP contribution in [0.3, 0.4) is 0 Å². The van der Waals surface area contributed by atoms with Gasteiger partial charge in [-0.15, -0.1) is 0 Å². The van der Waals surface area contributed by atoms with Crippen LogP contribution in [0.4, 0.5) is 0 Å². The molecule has 2 nitrogen and oxygen atoms in total. The zero-order valence-electron chi connectivity index (χ0n) is 9.14. The molecule has 82 valence electrons. The van der Waals surface area contributed by atoms with E-state index in [2.05, 4.69) is 0 Å². The first-order chi connectivity index (χ1) is 7.11. The van der Waals surface area contributed by atoms with Crippen molar-refractivity contribution in [3.05, 3.63) is 27.8 Å². The van der Waals surface area contributed by atoms with Gasteiger partial charge in [0.2, 0.25) is 0 Å². The highest BCUT2D eigenvalue weighted by Gasteiger charge is 2.21. The summed E-state index contributed by atoms with van der Waals surface area (Å²) >= 11 is 6.22. The zero-order valence-corrected chi connectivity index (χ0v) is 9.90. The Kier molecular flexibility index (Phi) is 2.89. The largest absolute Gasteiger partial charge is 0.493 e. The molecular weight excluding hydrogens is 210 g/mol. The van der Waals surface area contributed by atoms with Crippen LogP contribution in [-0.2, 0) is 0 Å². The molecule has 15 heavy (non-hydrogen) atoms. The Labute approximate surface area is 95.4 Å². The standard InChI is InChI=1S/C12H16ClNO/c1-7-6-10-11(8(2)12(7)13)9(14)4-3-5-15-10/h6,9H,3-5,14H2,1-2H3. The van der Waals surface area contributed by atoms with Gasteiger partial charge in [-0.05, 0) is 43.9 Å². The predicted octanol–water partition coefficient (Wildman–Crippen LogP) is 3.13. The minimum absolute atomic E-state index is 0.0561. The van der Waals surface area contributed by atoms with E-state index in [9.17, 15) is 0 Å². The van der Waals surface area contributed by atoms with E-state index in [1.54, 1.807) is 0 Å². The third kappa shape index (κ3) is 1.84. The van der Waals surface area contributed by atoms with Gasteiger partial charge < -0.3 is 10.5 Å². The van der Waals surface area contributed by atoms with Gasteiger partial charge in [0.15, 0.2) is 0 Å². The first-order valence-corrected chi connectivity index (χ1v) is 5.67. The Bertz CT molecular complexity index is 390. The van der Waals surface area contributed by atoms with Crippen molar-refractivity contribution in [2.45, 2.75) is 32.7 Å². The normalized spacial score (nSPS) is 20.4. The summed E-state index contributed by atoms with van der Waals surface area (Å²) in [4.78, 5) is 0. The molecule has 2 N–H and O–H groups in total. The second kappa shape index (κ2) is 4.03. The molecule has 1 unspecified atom stereocenters. The molecule has 0 aliphatic carbocycles. The lowest BCUT2D eigenvalue weighted by Gasteiger charge is -2.17. The zero-order chi connectivity index (χ0) is 11.0. The summed E-state index contributed by atoms with van der Waals surface area (Å²) in [5.41, 5.74) is 9.34. The van der Waals surface area contributed by atoms with E-state index in [1.165, 1.54) is 0 Å². The molecule has 0 amide bonds. The molecule has 1 heterocycles. The maximum atomic E-state index is 6.22. The highest BCUT2D eigenvalue weighted by molar-refractivity contribution is 6.32. The van der Waals surface area contributed by atoms with Gasteiger partial charge in [-0.3, -0.25) is 0 Å². The van der Waals surface area contributed by atoms with E-state index < -0.39 is 0 Å². The summed E-state index contributed by atoms with van der Waals surface area (Å²) in [6.07, 6.45) is 1.97. The molecule has 0 bridgehead atoms. The third-order valence-corrected chi connectivity index (χ3v) is 3.56. The molecule has 1 aliphatic heterocycles. The summed E-state index contributed by atoms with van der Waals surface area (Å²) in [6, 6.07) is 2.05. The van der Waals surface area contributed by atoms with Crippen molar-refractivity contribution in [2.75, 3.05) is 6.61 Å². The molecule has 0 saturated heterocycles. The molecular formula is C12H16ClNO. The predicted molar refractivity (Wildman–Crippen MR) is 62.6 cm³/mol. The Morgan fingerprint density at radius 1 is 1.47 bits per heavy atom. The van der Waals surface area contributed by atoms with E-state index in [0.717, 1.165) is 46.9 Å². The van der Waals surface area contributed by atoms with E-state index in [-0.39, 0.29) is 6.04 Å². The summed E-state index contributed by atoms with van der Waals surface area (Å²) in [6.45, 7) is 4.76. The quantitative estimate of drug-likeness (QED) is 0.736. The van der Waals surface area contributed by atoms with Crippen molar-refractivity contribution in [1.82, 2.24) is 0 Å². The number of ether oxygens (including phenoxy) is 1. The highest BCUT2D eigenvalue weighted by atomic mass is 35.5. The number of aryl methyl sites for hydroxylation is 1. The van der Waals surface area contributed by atoms with Crippen LogP contribution in [0.25, 0.3) is 0 Å². The minimum Gasteiger partial charge on any atom is -0.493 e. The molecule has 0 fully saturated rings. The fourth-order valence-electron chi connectivity index (χ4n) is 2.15. The number of benzene rings is 1. The van der Waals surface area contributed by atoms with Crippen molar-refractivity contribution >= 4 is 11.6 Å². The minimum atomic E-state index is 0.0561. The molecule has 0 aromatic heterocycles. The van der Waals surface area contributed by atoms with Crippen LogP contribution >= 0.6 is 11.6 Å². The lowest BCUT2D eigenvalue weighted by Crippen LogP contribution is -2.11. The van der Waals surface area contributed by atoms with Crippen LogP contribution in [0.5, 0.6) is 5.75 Å². The van der Waals surface area contributed by atoms with E-state index in [0.29, 0.717) is 0 Å². The van der Waals surface area contributed by atoms with Crippen molar-refractivity contribution in [3.8, 4) is 5.75 Å². The van der Waals surface area contributed by atoms with Crippen molar-refractivity contribution in [1.29, 1.82) is 0 Å². The summed E-state index contributed by atoms with van der Waals surface area (Å²) < 4.78 is 5.70. The molecule has 1 aliphatic rings. The SMILES string of the molecule is Cc1cc2c(c(C)c1Cl)C(N)CCCO2. The molecule has 0 radical (unpaired) electrons. The Morgan fingerprint density at radius 2 is 2.20 bits per heavy atom. The topological polar surface area (TPSA) is 35.2 Å². The monoisotopic (exact) mass is 225 g/mol. The molecule has 1 aromatic carbocycles. The maximum Gasteiger partial charge on any atom is 0.124 e. The van der Waals surface area contributed by atoms with E-state index in [1.807, 2.05) is 19.9 Å². The van der Waals surface area contributed by atoms with Crippen LogP contribution in [0.1, 0.15) is 35.6 Å². The van der Waals surface area contributed by atoms with Gasteiger partial charge >= 0.3 is 0 Å². The molecule has 3 heteroatoms. The maximum absolute atomic E-state index is 6.22. The summed E-state index contributed by atoms with van der Waals surface area (Å²) in [5.74, 6) is 0.916. The van der Waals surface area contributed by atoms with Gasteiger partial charge in [0.05, 0.1) is 6.61 Å². The molecule has 2 rings (SSSR count). The van der Waals surface area contributed by atoms with Gasteiger partial charge in [-0.1, -0.05) is 11.6 Å². The fourth-order valence-corrected chi connectivity index (χ4v) is 2.30. The lowest BCUT2D eigenvalue weighted by molar-refractivity contribution is 0.316. The Hall–Kier alpha value is -0.730. The average Bonchev–Trinajstić information content (AvgIpc) is 2.37. The summed E-state index contributed by atoms with van der Waals surface area (Å²) in [5, 5.41) is 0.815. The van der Waals surface area contributed by atoms with Gasteiger partial charge in [0.25, 0.3) is 0 Å². The van der Waals surface area contributed by atoms with Crippen molar-refractivity contribution < 1.29 is 4.74 Å². The van der Waals surface area contributed by atoms with Gasteiger partial charge in [0.1, 0.15) is 5.75 Å². The first-order valence-electron chi connectivity index (χ1n) is 5.29. The molecule has 0 spiro atoms. The second-order valence-electron chi connectivity index (χ2n) is 4.14. The lowest BCUT2D eigenvalue weighted by atomic mass is 9.96. The number of hydrogen-bond donors (Lipinski definition) is 1. The smallest absolute Gasteiger partial charge is 0.124 e. The van der Waals surface area contributed by atoms with Crippen molar-refractivity contribution in [3.63, 3.8) is 0 Å². The third-order valence-electron chi connectivity index (χ3n) is 2.98. The van der Waals surface area contributed by atoms with Crippen LogP contribution < -0.4 is 10.5 Å². The molecule has 1 aromatic rings. The van der Waals surface area contributed by atoms with E-state index in [4.69, 9.17) is 22.1 Å². The Morgan fingerprint density at radius 3 is 2.93 bits per heavy atom. The second-order valence-corrected chi connectivity index (χ2v) is 4.52. The first kappa shape index (κ1) is 10.8. The van der Waals surface area contributed by atoms with Crippen LogP contribution in [0.2, 0.25) is 5.02 Å². The van der Waals surface area contributed by atoms with Gasteiger partial charge in [0, 0.05) is 16.6 Å². The van der Waals surface area contributed by atoms with E-state index >= 15 is 0 Å². The number of hydrogen-bond acceptors (Lipinski definition) is 2. The highest BCUT2D eigenvalue weighted by Crippen LogP contribution is 2.37. The number of rotatable bonds is 0. The number of halogens is 1. The molecule has 0 saturated carbocycles. The van der Waals surface area contributed by atoms with Crippen LogP contribution in [0.15, 0.2) is 6.07 Å². The van der Waals surface area contributed by atoms with Crippen LogP contribution in [-0.4, -0.2) is 6.61 Å². The fraction of sp³-hybridized carbons (Fsp3) is 0.500. The van der Waals surface area contributed by atoms with Crippen LogP contribution in [0, 0.1) is 13.8 Å². The van der Waals surface area contributed by atoms with Gasteiger partial charge in [-0.25, -0.2) is 0 Å².